The standard InChI is InChI=1S/C11H10F3N3O2S/c12-11(13,14)9-3-1-2-8(4-9)5-17-6-10(16-7-17)20(15,18)19/h1-4,6-7H,5H2,(H2,15,18,19). The van der Waals surface area contributed by atoms with Gasteiger partial charge >= 0.3 is 6.18 Å². The van der Waals surface area contributed by atoms with Crippen molar-refractivity contribution in [3.8, 4) is 0 Å². The van der Waals surface area contributed by atoms with Crippen LogP contribution < -0.4 is 5.14 Å². The molecule has 1 aromatic heterocycles. The van der Waals surface area contributed by atoms with Crippen molar-refractivity contribution in [1.29, 1.82) is 0 Å². The smallest absolute Gasteiger partial charge is 0.332 e. The van der Waals surface area contributed by atoms with E-state index in [4.69, 9.17) is 5.14 Å². The Kier molecular flexibility index (Phi) is 3.57. The van der Waals surface area contributed by atoms with E-state index in [0.717, 1.165) is 18.3 Å². The summed E-state index contributed by atoms with van der Waals surface area (Å²) in [5.74, 6) is 0. The van der Waals surface area contributed by atoms with Crippen LogP contribution in [-0.4, -0.2) is 18.0 Å². The zero-order valence-corrected chi connectivity index (χ0v) is 10.8. The van der Waals surface area contributed by atoms with E-state index in [1.165, 1.54) is 23.0 Å². The summed E-state index contributed by atoms with van der Waals surface area (Å²) in [6.07, 6.45) is -2.06. The molecule has 0 saturated heterocycles. The Hall–Kier alpha value is -1.87. The molecule has 1 heterocycles. The molecule has 108 valence electrons. The minimum atomic E-state index is -4.42. The van der Waals surface area contributed by atoms with Crippen LogP contribution in [0.3, 0.4) is 0 Å². The molecule has 0 amide bonds. The van der Waals surface area contributed by atoms with Crippen molar-refractivity contribution in [3.63, 3.8) is 0 Å². The number of imidazole rings is 1. The Morgan fingerprint density at radius 1 is 1.30 bits per heavy atom. The lowest BCUT2D eigenvalue weighted by atomic mass is 10.1. The number of sulfonamides is 1. The van der Waals surface area contributed by atoms with Crippen LogP contribution in [0.4, 0.5) is 13.2 Å². The number of halogens is 3. The summed E-state index contributed by atoms with van der Waals surface area (Å²) >= 11 is 0. The molecule has 2 aromatic rings. The fraction of sp³-hybridized carbons (Fsp3) is 0.182. The highest BCUT2D eigenvalue weighted by molar-refractivity contribution is 7.89. The summed E-state index contributed by atoms with van der Waals surface area (Å²) in [4.78, 5) is 3.58. The SMILES string of the molecule is NS(=O)(=O)c1cn(Cc2cccc(C(F)(F)F)c2)cn1. The summed E-state index contributed by atoms with van der Waals surface area (Å²) in [5.41, 5.74) is -0.389. The number of primary sulfonamides is 1. The molecule has 20 heavy (non-hydrogen) atoms. The lowest BCUT2D eigenvalue weighted by Crippen LogP contribution is -2.12. The maximum absolute atomic E-state index is 12.6. The quantitative estimate of drug-likeness (QED) is 0.935. The van der Waals surface area contributed by atoms with Crippen molar-refractivity contribution in [2.45, 2.75) is 17.7 Å². The monoisotopic (exact) mass is 305 g/mol. The van der Waals surface area contributed by atoms with Crippen molar-refractivity contribution in [2.75, 3.05) is 0 Å². The molecule has 2 N–H and O–H groups in total. The maximum atomic E-state index is 12.6. The molecule has 1 aromatic carbocycles. The average molecular weight is 305 g/mol. The first kappa shape index (κ1) is 14.5. The summed E-state index contributed by atoms with van der Waals surface area (Å²) in [7, 11) is -3.92. The van der Waals surface area contributed by atoms with E-state index >= 15 is 0 Å². The minimum absolute atomic E-state index is 0.0619. The van der Waals surface area contributed by atoms with Crippen LogP contribution in [0.25, 0.3) is 0 Å². The first-order valence-electron chi connectivity index (χ1n) is 5.37. The van der Waals surface area contributed by atoms with Gasteiger partial charge in [-0.15, -0.1) is 0 Å². The van der Waals surface area contributed by atoms with Crippen LogP contribution >= 0.6 is 0 Å². The van der Waals surface area contributed by atoms with Gasteiger partial charge in [0.1, 0.15) is 0 Å². The third-order valence-electron chi connectivity index (χ3n) is 2.52. The van der Waals surface area contributed by atoms with Gasteiger partial charge in [-0.05, 0) is 17.7 Å². The van der Waals surface area contributed by atoms with Gasteiger partial charge in [0.05, 0.1) is 11.9 Å². The number of rotatable bonds is 3. The normalized spacial score (nSPS) is 12.6. The second-order valence-corrected chi connectivity index (χ2v) is 5.64. The molecule has 5 nitrogen and oxygen atoms in total. The van der Waals surface area contributed by atoms with Crippen molar-refractivity contribution < 1.29 is 21.6 Å². The van der Waals surface area contributed by atoms with E-state index in [9.17, 15) is 21.6 Å². The van der Waals surface area contributed by atoms with Crippen LogP contribution in [0.5, 0.6) is 0 Å². The topological polar surface area (TPSA) is 78.0 Å². The molecule has 9 heteroatoms. The van der Waals surface area contributed by atoms with Crippen LogP contribution in [-0.2, 0) is 22.7 Å². The van der Waals surface area contributed by atoms with Gasteiger partial charge in [-0.1, -0.05) is 12.1 Å². The fourth-order valence-corrected chi connectivity index (χ4v) is 2.11. The van der Waals surface area contributed by atoms with Gasteiger partial charge in [0.25, 0.3) is 10.0 Å². The number of alkyl halides is 3. The zero-order chi connectivity index (χ0) is 15.0. The largest absolute Gasteiger partial charge is 0.416 e. The van der Waals surface area contributed by atoms with Gasteiger partial charge in [-0.3, -0.25) is 0 Å². The van der Waals surface area contributed by atoms with E-state index in [-0.39, 0.29) is 11.6 Å². The summed E-state index contributed by atoms with van der Waals surface area (Å²) in [5, 5.41) is 4.56. The first-order chi connectivity index (χ1) is 9.16. The Morgan fingerprint density at radius 3 is 2.55 bits per heavy atom. The molecule has 0 radical (unpaired) electrons. The molecule has 0 unspecified atom stereocenters. The van der Waals surface area contributed by atoms with Gasteiger partial charge in [-0.25, -0.2) is 18.5 Å². The lowest BCUT2D eigenvalue weighted by molar-refractivity contribution is -0.137. The van der Waals surface area contributed by atoms with Crippen LogP contribution in [0, 0.1) is 0 Å². The number of hydrogen-bond donors (Lipinski definition) is 1. The van der Waals surface area contributed by atoms with E-state index in [0.29, 0.717) is 5.56 Å². The second kappa shape index (κ2) is 4.91. The molecule has 0 aliphatic rings. The lowest BCUT2D eigenvalue weighted by Gasteiger charge is -2.08. The molecule has 0 aliphatic heterocycles. The van der Waals surface area contributed by atoms with Gasteiger partial charge in [-0.2, -0.15) is 13.2 Å². The highest BCUT2D eigenvalue weighted by atomic mass is 32.2. The highest BCUT2D eigenvalue weighted by Crippen LogP contribution is 2.29. The van der Waals surface area contributed by atoms with E-state index in [1.54, 1.807) is 0 Å². The molecule has 2 rings (SSSR count). The Balaban J connectivity index is 2.25. The second-order valence-electron chi connectivity index (χ2n) is 4.13. The molecule has 0 bridgehead atoms. The number of nitrogens with zero attached hydrogens (tertiary/aromatic N) is 2. The summed E-state index contributed by atoms with van der Waals surface area (Å²) in [6.45, 7) is 0.0619. The third-order valence-corrected chi connectivity index (χ3v) is 3.31. The van der Waals surface area contributed by atoms with E-state index < -0.39 is 21.8 Å². The molecule has 0 fully saturated rings. The molecular formula is C11H10F3N3O2S. The molecule has 0 saturated carbocycles. The first-order valence-corrected chi connectivity index (χ1v) is 6.91. The maximum Gasteiger partial charge on any atom is 0.416 e. The van der Waals surface area contributed by atoms with Gasteiger partial charge in [0, 0.05) is 12.7 Å². The predicted molar refractivity (Wildman–Crippen MR) is 64.1 cm³/mol. The van der Waals surface area contributed by atoms with E-state index in [2.05, 4.69) is 4.98 Å². The fourth-order valence-electron chi connectivity index (χ4n) is 1.63. The van der Waals surface area contributed by atoms with Gasteiger partial charge < -0.3 is 4.57 Å². The number of aromatic nitrogens is 2. The number of benzene rings is 1. The van der Waals surface area contributed by atoms with Crippen molar-refractivity contribution >= 4 is 10.0 Å². The predicted octanol–water partition coefficient (Wildman–Crippen LogP) is 1.60. The van der Waals surface area contributed by atoms with Crippen LogP contribution in [0.15, 0.2) is 41.8 Å². The molecule has 0 spiro atoms. The minimum Gasteiger partial charge on any atom is -0.332 e. The highest BCUT2D eigenvalue weighted by Gasteiger charge is 2.30. The summed E-state index contributed by atoms with van der Waals surface area (Å²) in [6, 6.07) is 4.76. The van der Waals surface area contributed by atoms with Crippen LogP contribution in [0.2, 0.25) is 0 Å². The molecule has 0 atom stereocenters. The number of nitrogens with two attached hydrogens (primary N) is 1. The van der Waals surface area contributed by atoms with Crippen LogP contribution in [0.1, 0.15) is 11.1 Å². The Morgan fingerprint density at radius 2 is 2.00 bits per heavy atom. The van der Waals surface area contributed by atoms with Crippen molar-refractivity contribution in [1.82, 2.24) is 9.55 Å². The van der Waals surface area contributed by atoms with Crippen molar-refractivity contribution in [2.24, 2.45) is 5.14 Å². The van der Waals surface area contributed by atoms with Crippen molar-refractivity contribution in [3.05, 3.63) is 47.9 Å². The van der Waals surface area contributed by atoms with E-state index in [1.807, 2.05) is 0 Å². The zero-order valence-electron chi connectivity index (χ0n) is 10.0. The van der Waals surface area contributed by atoms with Gasteiger partial charge in [0.2, 0.25) is 0 Å². The molecule has 0 aliphatic carbocycles. The third kappa shape index (κ3) is 3.36. The Bertz CT molecular complexity index is 723. The van der Waals surface area contributed by atoms with Gasteiger partial charge in [0.15, 0.2) is 5.03 Å². The average Bonchev–Trinajstić information content (AvgIpc) is 2.76. The Labute approximate surface area is 112 Å². The molecular weight excluding hydrogens is 295 g/mol. The summed E-state index contributed by atoms with van der Waals surface area (Å²) < 4.78 is 61.1. The number of hydrogen-bond acceptors (Lipinski definition) is 3.